The first-order chi connectivity index (χ1) is 12.8. The number of rotatable bonds is 4. The monoisotopic (exact) mass is 384 g/mol. The molecule has 0 saturated heterocycles. The fourth-order valence-corrected chi connectivity index (χ4v) is 4.49. The number of esters is 1. The van der Waals surface area contributed by atoms with Gasteiger partial charge in [-0.15, -0.1) is 13.2 Å². The van der Waals surface area contributed by atoms with Crippen LogP contribution in [-0.4, -0.2) is 12.3 Å². The van der Waals surface area contributed by atoms with Crippen molar-refractivity contribution in [3.05, 3.63) is 24.3 Å². The standard InChI is InChI=1S/C21H27F3O3/c1-14-2-4-15(5-3-14)16-6-8-17(9-7-16)20(25)26-18-10-12-19(13-11-18)27-21(22,23)24/h10-17H,2-9H2,1H3. The quantitative estimate of drug-likeness (QED) is 0.463. The Morgan fingerprint density at radius 1 is 0.852 bits per heavy atom. The van der Waals surface area contributed by atoms with Crippen molar-refractivity contribution in [2.75, 3.05) is 0 Å². The Morgan fingerprint density at radius 3 is 1.85 bits per heavy atom. The van der Waals surface area contributed by atoms with E-state index >= 15 is 0 Å². The molecule has 1 aromatic rings. The predicted molar refractivity (Wildman–Crippen MR) is 95.3 cm³/mol. The van der Waals surface area contributed by atoms with E-state index in [9.17, 15) is 18.0 Å². The average Bonchev–Trinajstić information content (AvgIpc) is 2.63. The number of carbonyl (C=O) groups is 1. The molecule has 0 amide bonds. The van der Waals surface area contributed by atoms with Crippen LogP contribution in [-0.2, 0) is 4.79 Å². The summed E-state index contributed by atoms with van der Waals surface area (Å²) in [6.07, 6.45) is 4.35. The van der Waals surface area contributed by atoms with Crippen LogP contribution in [0.25, 0.3) is 0 Å². The van der Waals surface area contributed by atoms with Crippen molar-refractivity contribution in [2.24, 2.45) is 23.7 Å². The van der Waals surface area contributed by atoms with Crippen LogP contribution in [0.1, 0.15) is 58.3 Å². The van der Waals surface area contributed by atoms with Crippen molar-refractivity contribution < 1.29 is 27.4 Å². The molecule has 2 saturated carbocycles. The second-order valence-corrected chi connectivity index (χ2v) is 8.07. The summed E-state index contributed by atoms with van der Waals surface area (Å²) in [5, 5.41) is 0. The minimum absolute atomic E-state index is 0.116. The summed E-state index contributed by atoms with van der Waals surface area (Å²) in [6, 6.07) is 4.95. The van der Waals surface area contributed by atoms with Crippen LogP contribution in [0.4, 0.5) is 13.2 Å². The second-order valence-electron chi connectivity index (χ2n) is 8.07. The van der Waals surface area contributed by atoms with Crippen LogP contribution in [0.5, 0.6) is 11.5 Å². The van der Waals surface area contributed by atoms with Gasteiger partial charge in [-0.05, 0) is 80.5 Å². The molecule has 0 spiro atoms. The van der Waals surface area contributed by atoms with Gasteiger partial charge in [-0.2, -0.15) is 0 Å². The molecule has 6 heteroatoms. The third-order valence-electron chi connectivity index (χ3n) is 6.11. The molecule has 0 bridgehead atoms. The average molecular weight is 384 g/mol. The van der Waals surface area contributed by atoms with Gasteiger partial charge >= 0.3 is 12.3 Å². The normalized spacial score (nSPS) is 29.2. The lowest BCUT2D eigenvalue weighted by molar-refractivity contribution is -0.274. The Labute approximate surface area is 158 Å². The SMILES string of the molecule is CC1CCC(C2CCC(C(=O)Oc3ccc(OC(F)(F)F)cc3)CC2)CC1. The molecule has 0 unspecified atom stereocenters. The highest BCUT2D eigenvalue weighted by molar-refractivity contribution is 5.75. The van der Waals surface area contributed by atoms with Crippen molar-refractivity contribution in [1.29, 1.82) is 0 Å². The number of hydrogen-bond acceptors (Lipinski definition) is 3. The Morgan fingerprint density at radius 2 is 1.33 bits per heavy atom. The Bertz CT molecular complexity index is 611. The van der Waals surface area contributed by atoms with Gasteiger partial charge in [0.05, 0.1) is 5.92 Å². The van der Waals surface area contributed by atoms with Crippen molar-refractivity contribution >= 4 is 5.97 Å². The first-order valence-corrected chi connectivity index (χ1v) is 9.87. The van der Waals surface area contributed by atoms with Crippen molar-refractivity contribution in [2.45, 2.75) is 64.7 Å². The third kappa shape index (κ3) is 5.88. The van der Waals surface area contributed by atoms with E-state index in [2.05, 4.69) is 11.7 Å². The maximum atomic E-state index is 12.4. The summed E-state index contributed by atoms with van der Waals surface area (Å²) in [6.45, 7) is 2.32. The molecule has 2 fully saturated rings. The molecule has 0 heterocycles. The zero-order chi connectivity index (χ0) is 19.4. The Hall–Kier alpha value is -1.72. The first kappa shape index (κ1) is 20.0. The minimum Gasteiger partial charge on any atom is -0.426 e. The molecule has 3 nitrogen and oxygen atoms in total. The van der Waals surface area contributed by atoms with E-state index in [1.807, 2.05) is 0 Å². The van der Waals surface area contributed by atoms with E-state index in [-0.39, 0.29) is 23.4 Å². The highest BCUT2D eigenvalue weighted by Crippen LogP contribution is 2.41. The number of carbonyl (C=O) groups excluding carboxylic acids is 1. The van der Waals surface area contributed by atoms with Gasteiger partial charge in [0.2, 0.25) is 0 Å². The second kappa shape index (κ2) is 8.53. The molecule has 3 rings (SSSR count). The maximum Gasteiger partial charge on any atom is 0.573 e. The molecule has 0 aromatic heterocycles. The van der Waals surface area contributed by atoms with Crippen molar-refractivity contribution in [3.8, 4) is 11.5 Å². The number of alkyl halides is 3. The molecule has 0 radical (unpaired) electrons. The molecule has 27 heavy (non-hydrogen) atoms. The van der Waals surface area contributed by atoms with E-state index in [1.54, 1.807) is 0 Å². The van der Waals surface area contributed by atoms with Crippen molar-refractivity contribution in [3.63, 3.8) is 0 Å². The molecular weight excluding hydrogens is 357 g/mol. The van der Waals surface area contributed by atoms with Crippen LogP contribution in [0.15, 0.2) is 24.3 Å². The Balaban J connectivity index is 1.45. The number of ether oxygens (including phenoxy) is 2. The zero-order valence-electron chi connectivity index (χ0n) is 15.6. The van der Waals surface area contributed by atoms with E-state index in [0.29, 0.717) is 0 Å². The van der Waals surface area contributed by atoms with Gasteiger partial charge in [-0.3, -0.25) is 4.79 Å². The molecule has 0 aliphatic heterocycles. The van der Waals surface area contributed by atoms with E-state index in [1.165, 1.54) is 37.8 Å². The van der Waals surface area contributed by atoms with Gasteiger partial charge in [0.15, 0.2) is 0 Å². The lowest BCUT2D eigenvalue weighted by Gasteiger charge is -2.36. The number of halogens is 3. The topological polar surface area (TPSA) is 35.5 Å². The largest absolute Gasteiger partial charge is 0.573 e. The number of hydrogen-bond donors (Lipinski definition) is 0. The van der Waals surface area contributed by atoms with Gasteiger partial charge in [0, 0.05) is 0 Å². The highest BCUT2D eigenvalue weighted by Gasteiger charge is 2.33. The van der Waals surface area contributed by atoms with E-state index in [0.717, 1.165) is 55.6 Å². The predicted octanol–water partition coefficient (Wildman–Crippen LogP) is 6.12. The molecule has 2 aliphatic carbocycles. The van der Waals surface area contributed by atoms with Gasteiger partial charge in [0.25, 0.3) is 0 Å². The summed E-state index contributed by atoms with van der Waals surface area (Å²) in [5.41, 5.74) is 0. The molecule has 0 atom stereocenters. The van der Waals surface area contributed by atoms with E-state index in [4.69, 9.17) is 4.74 Å². The van der Waals surface area contributed by atoms with E-state index < -0.39 is 6.36 Å². The number of benzene rings is 1. The highest BCUT2D eigenvalue weighted by atomic mass is 19.4. The fourth-order valence-electron chi connectivity index (χ4n) is 4.49. The van der Waals surface area contributed by atoms with Crippen LogP contribution in [0.3, 0.4) is 0 Å². The van der Waals surface area contributed by atoms with Crippen molar-refractivity contribution in [1.82, 2.24) is 0 Å². The minimum atomic E-state index is -4.73. The summed E-state index contributed by atoms with van der Waals surface area (Å²) in [7, 11) is 0. The smallest absolute Gasteiger partial charge is 0.426 e. The maximum absolute atomic E-state index is 12.4. The van der Waals surface area contributed by atoms with Crippen LogP contribution in [0, 0.1) is 23.7 Å². The fraction of sp³-hybridized carbons (Fsp3) is 0.667. The van der Waals surface area contributed by atoms with Crippen LogP contribution in [0.2, 0.25) is 0 Å². The molecular formula is C21H27F3O3. The van der Waals surface area contributed by atoms with Crippen LogP contribution < -0.4 is 9.47 Å². The molecule has 1 aromatic carbocycles. The summed E-state index contributed by atoms with van der Waals surface area (Å²) < 4.78 is 45.7. The molecule has 150 valence electrons. The molecule has 0 N–H and O–H groups in total. The van der Waals surface area contributed by atoms with Gasteiger partial charge in [-0.25, -0.2) is 0 Å². The van der Waals surface area contributed by atoms with Crippen LogP contribution >= 0.6 is 0 Å². The lowest BCUT2D eigenvalue weighted by Crippen LogP contribution is -2.29. The summed E-state index contributed by atoms with van der Waals surface area (Å²) in [4.78, 5) is 12.4. The lowest BCUT2D eigenvalue weighted by atomic mass is 9.69. The third-order valence-corrected chi connectivity index (χ3v) is 6.11. The Kier molecular flexibility index (Phi) is 6.33. The molecule has 2 aliphatic rings. The summed E-state index contributed by atoms with van der Waals surface area (Å²) >= 11 is 0. The van der Waals surface area contributed by atoms with Gasteiger partial charge < -0.3 is 9.47 Å². The van der Waals surface area contributed by atoms with Gasteiger partial charge in [-0.1, -0.05) is 19.8 Å². The zero-order valence-corrected chi connectivity index (χ0v) is 15.6. The first-order valence-electron chi connectivity index (χ1n) is 9.87. The van der Waals surface area contributed by atoms with Gasteiger partial charge in [0.1, 0.15) is 11.5 Å². The summed E-state index contributed by atoms with van der Waals surface area (Å²) in [5.74, 6) is 1.90.